The topological polar surface area (TPSA) is 76.3 Å². The van der Waals surface area contributed by atoms with Crippen LogP contribution < -0.4 is 4.90 Å². The van der Waals surface area contributed by atoms with E-state index in [4.69, 9.17) is 0 Å². The van der Waals surface area contributed by atoms with Gasteiger partial charge in [0.2, 0.25) is 0 Å². The van der Waals surface area contributed by atoms with E-state index in [9.17, 15) is 8.42 Å². The highest BCUT2D eigenvalue weighted by molar-refractivity contribution is 7.89. The predicted octanol–water partition coefficient (Wildman–Crippen LogP) is 4.64. The summed E-state index contributed by atoms with van der Waals surface area (Å²) in [5.74, 6) is 0. The summed E-state index contributed by atoms with van der Waals surface area (Å²) in [5, 5.41) is 0.0611. The molecule has 0 radical (unpaired) electrons. The van der Waals surface area contributed by atoms with Crippen molar-refractivity contribution in [3.05, 3.63) is 121 Å². The average Bonchev–Trinajstić information content (AvgIpc) is 3.60. The lowest BCUT2D eigenvalue weighted by Crippen LogP contribution is -2.50. The van der Waals surface area contributed by atoms with Gasteiger partial charge in [-0.3, -0.25) is 0 Å². The van der Waals surface area contributed by atoms with Gasteiger partial charge in [-0.1, -0.05) is 66.7 Å². The molecular formula is C31H32N6O2S. The Morgan fingerprint density at radius 2 is 1.55 bits per heavy atom. The van der Waals surface area contributed by atoms with Crippen molar-refractivity contribution in [3.63, 3.8) is 0 Å². The molecule has 1 aliphatic rings. The number of anilines is 1. The Hall–Kier alpha value is -4.21. The molecule has 3 heterocycles. The molecule has 8 nitrogen and oxygen atoms in total. The molecule has 0 amide bonds. The third-order valence-electron chi connectivity index (χ3n) is 7.37. The van der Waals surface area contributed by atoms with E-state index < -0.39 is 10.0 Å². The lowest BCUT2D eigenvalue weighted by atomic mass is 9.93. The van der Waals surface area contributed by atoms with E-state index >= 15 is 0 Å². The summed E-state index contributed by atoms with van der Waals surface area (Å²) >= 11 is 0. The monoisotopic (exact) mass is 552 g/mol. The van der Waals surface area contributed by atoms with Crippen molar-refractivity contribution in [2.24, 2.45) is 14.1 Å². The number of aryl methyl sites for hydroxylation is 2. The molecule has 1 atom stereocenters. The molecule has 0 aliphatic carbocycles. The van der Waals surface area contributed by atoms with Crippen LogP contribution in [-0.4, -0.2) is 44.4 Å². The minimum atomic E-state index is -3.88. The quantitative estimate of drug-likeness (QED) is 0.280. The van der Waals surface area contributed by atoms with Gasteiger partial charge in [0, 0.05) is 51.3 Å². The molecule has 6 rings (SSSR count). The highest BCUT2D eigenvalue weighted by atomic mass is 32.2. The zero-order chi connectivity index (χ0) is 27.7. The van der Waals surface area contributed by atoms with Gasteiger partial charge in [0.05, 0.1) is 24.9 Å². The Balaban J connectivity index is 1.43. The van der Waals surface area contributed by atoms with Crippen molar-refractivity contribution in [1.29, 1.82) is 0 Å². The van der Waals surface area contributed by atoms with Gasteiger partial charge in [0.1, 0.15) is 0 Å². The van der Waals surface area contributed by atoms with Gasteiger partial charge in [-0.2, -0.15) is 4.31 Å². The van der Waals surface area contributed by atoms with Gasteiger partial charge in [-0.15, -0.1) is 0 Å². The van der Waals surface area contributed by atoms with Crippen LogP contribution in [0.5, 0.6) is 0 Å². The molecule has 2 aromatic heterocycles. The van der Waals surface area contributed by atoms with Crippen LogP contribution >= 0.6 is 0 Å². The maximum atomic E-state index is 14.1. The second-order valence-electron chi connectivity index (χ2n) is 10.4. The summed E-state index contributed by atoms with van der Waals surface area (Å²) in [6.07, 6.45) is 7.50. The molecule has 204 valence electrons. The molecule has 0 fully saturated rings. The fraction of sp³-hybridized carbons (Fsp3) is 0.226. The normalized spacial score (nSPS) is 15.4. The van der Waals surface area contributed by atoms with Crippen molar-refractivity contribution in [3.8, 4) is 11.1 Å². The van der Waals surface area contributed by atoms with Crippen LogP contribution in [0.25, 0.3) is 11.1 Å². The first-order chi connectivity index (χ1) is 19.4. The van der Waals surface area contributed by atoms with E-state index in [1.807, 2.05) is 66.3 Å². The predicted molar refractivity (Wildman–Crippen MR) is 156 cm³/mol. The zero-order valence-electron chi connectivity index (χ0n) is 22.6. The molecular weight excluding hydrogens is 520 g/mol. The number of hydrogen-bond donors (Lipinski definition) is 0. The van der Waals surface area contributed by atoms with Gasteiger partial charge < -0.3 is 14.0 Å². The van der Waals surface area contributed by atoms with Gasteiger partial charge in [0.15, 0.2) is 5.03 Å². The summed E-state index contributed by atoms with van der Waals surface area (Å²) in [5.41, 5.74) is 6.33. The number of nitrogens with zero attached hydrogens (tertiary/aromatic N) is 6. The van der Waals surface area contributed by atoms with Crippen molar-refractivity contribution < 1.29 is 8.42 Å². The molecule has 9 heteroatoms. The third-order valence-corrected chi connectivity index (χ3v) is 9.15. The average molecular weight is 553 g/mol. The zero-order valence-corrected chi connectivity index (χ0v) is 23.4. The second-order valence-corrected chi connectivity index (χ2v) is 12.2. The van der Waals surface area contributed by atoms with Crippen LogP contribution in [0.4, 0.5) is 5.69 Å². The van der Waals surface area contributed by atoms with Crippen LogP contribution in [0.1, 0.15) is 16.8 Å². The van der Waals surface area contributed by atoms with Crippen LogP contribution in [0, 0.1) is 0 Å². The van der Waals surface area contributed by atoms with Crippen LogP contribution in [0.2, 0.25) is 0 Å². The fourth-order valence-electron chi connectivity index (χ4n) is 5.44. The number of hydrogen-bond acceptors (Lipinski definition) is 5. The molecule has 40 heavy (non-hydrogen) atoms. The number of imidazole rings is 2. The second kappa shape index (κ2) is 10.7. The molecule has 0 saturated heterocycles. The Bertz CT molecular complexity index is 1710. The summed E-state index contributed by atoms with van der Waals surface area (Å²) in [4.78, 5) is 11.1. The molecule has 0 saturated carbocycles. The summed E-state index contributed by atoms with van der Waals surface area (Å²) in [6.45, 7) is 1.38. The lowest BCUT2D eigenvalue weighted by Gasteiger charge is -2.40. The molecule has 3 aromatic carbocycles. The summed E-state index contributed by atoms with van der Waals surface area (Å²) < 4.78 is 33.5. The standard InChI is InChI=1S/C31H32N6O2S/c1-34-18-28(32-22-34)19-36-20-29(16-27-15-26(13-14-30(27)36)25-11-7-4-8-12-25)37(17-24-9-5-3-6-10-24)40(38,39)31-21-35(2)23-33-31/h3-15,18,21-23,29H,16-17,19-20H2,1-2H3. The summed E-state index contributed by atoms with van der Waals surface area (Å²) in [6, 6.07) is 26.2. The Kier molecular flexibility index (Phi) is 7.00. The largest absolute Gasteiger partial charge is 0.364 e. The van der Waals surface area contributed by atoms with Gasteiger partial charge in [0.25, 0.3) is 10.0 Å². The first-order valence-corrected chi connectivity index (χ1v) is 14.7. The Morgan fingerprint density at radius 1 is 0.850 bits per heavy atom. The van der Waals surface area contributed by atoms with E-state index in [1.54, 1.807) is 28.4 Å². The number of benzene rings is 3. The molecule has 0 bridgehead atoms. The third kappa shape index (κ3) is 5.30. The molecule has 0 spiro atoms. The van der Waals surface area contributed by atoms with Crippen LogP contribution in [-0.2, 0) is 43.6 Å². The highest BCUT2D eigenvalue weighted by Crippen LogP contribution is 2.35. The van der Waals surface area contributed by atoms with E-state index in [0.29, 0.717) is 19.5 Å². The van der Waals surface area contributed by atoms with Crippen molar-refractivity contribution in [2.75, 3.05) is 11.4 Å². The lowest BCUT2D eigenvalue weighted by molar-refractivity contribution is 0.302. The first kappa shape index (κ1) is 26.0. The molecule has 1 unspecified atom stereocenters. The minimum absolute atomic E-state index is 0.0611. The molecule has 0 N–H and O–H groups in total. The number of sulfonamides is 1. The first-order valence-electron chi connectivity index (χ1n) is 13.3. The van der Waals surface area contributed by atoms with Crippen LogP contribution in [0.15, 0.2) is 109 Å². The van der Waals surface area contributed by atoms with E-state index in [1.165, 1.54) is 6.33 Å². The molecule has 5 aromatic rings. The smallest absolute Gasteiger partial charge is 0.262 e. The van der Waals surface area contributed by atoms with Crippen molar-refractivity contribution >= 4 is 15.7 Å². The van der Waals surface area contributed by atoms with E-state index in [2.05, 4.69) is 45.2 Å². The maximum absolute atomic E-state index is 14.1. The molecule has 1 aliphatic heterocycles. The number of fused-ring (bicyclic) bond motifs is 1. The number of rotatable bonds is 8. The Labute approximate surface area is 235 Å². The summed E-state index contributed by atoms with van der Waals surface area (Å²) in [7, 11) is -0.143. The van der Waals surface area contributed by atoms with E-state index in [-0.39, 0.29) is 17.6 Å². The minimum Gasteiger partial charge on any atom is -0.364 e. The number of aromatic nitrogens is 4. The maximum Gasteiger partial charge on any atom is 0.262 e. The Morgan fingerprint density at radius 3 is 2.23 bits per heavy atom. The van der Waals surface area contributed by atoms with E-state index in [0.717, 1.165) is 33.6 Å². The van der Waals surface area contributed by atoms with Gasteiger partial charge in [-0.05, 0) is 40.8 Å². The highest BCUT2D eigenvalue weighted by Gasteiger charge is 2.37. The SMILES string of the molecule is Cn1cnc(CN2CC(N(Cc3ccccc3)S(=O)(=O)c3cn(C)cn3)Cc3cc(-c4ccccc4)ccc32)c1. The van der Waals surface area contributed by atoms with Crippen molar-refractivity contribution in [1.82, 2.24) is 23.4 Å². The van der Waals surface area contributed by atoms with Gasteiger partial charge >= 0.3 is 0 Å². The van der Waals surface area contributed by atoms with Crippen molar-refractivity contribution in [2.45, 2.75) is 30.6 Å². The van der Waals surface area contributed by atoms with Gasteiger partial charge in [-0.25, -0.2) is 18.4 Å². The fourth-order valence-corrected chi connectivity index (χ4v) is 7.01. The van der Waals surface area contributed by atoms with Crippen LogP contribution in [0.3, 0.4) is 0 Å².